The molecule has 1 aliphatic carbocycles. The fraction of sp³-hybridized carbons (Fsp3) is 0.727. The molecule has 2 aliphatic rings. The van der Waals surface area contributed by atoms with E-state index in [2.05, 4.69) is 10.1 Å². The number of nitrogens with zero attached hydrogens (tertiary/aromatic N) is 1. The van der Waals surface area contributed by atoms with Crippen molar-refractivity contribution in [2.75, 3.05) is 13.1 Å². The van der Waals surface area contributed by atoms with Crippen LogP contribution in [-0.4, -0.2) is 66.1 Å². The molecule has 34 heavy (non-hydrogen) atoms. The molecule has 3 atom stereocenters. The van der Waals surface area contributed by atoms with Gasteiger partial charge in [-0.15, -0.1) is 0 Å². The largest absolute Gasteiger partial charge is 0.491 e. The van der Waals surface area contributed by atoms with Crippen molar-refractivity contribution in [3.63, 3.8) is 0 Å². The van der Waals surface area contributed by atoms with Crippen LogP contribution in [0.4, 0.5) is 13.2 Å². The van der Waals surface area contributed by atoms with Crippen molar-refractivity contribution in [1.29, 1.82) is 0 Å². The van der Waals surface area contributed by atoms with E-state index in [9.17, 15) is 32.3 Å². The lowest BCUT2D eigenvalue weighted by atomic mass is 9.87. The van der Waals surface area contributed by atoms with E-state index in [1.54, 1.807) is 4.90 Å². The molecule has 0 unspecified atom stereocenters. The van der Waals surface area contributed by atoms with E-state index in [1.807, 2.05) is 6.92 Å². The second kappa shape index (κ2) is 12.2. The summed E-state index contributed by atoms with van der Waals surface area (Å²) in [4.78, 5) is 49.8. The van der Waals surface area contributed by atoms with E-state index < -0.39 is 53.9 Å². The highest BCUT2D eigenvalue weighted by Gasteiger charge is 2.46. The molecular formula is C22H32F3N3O6. The van der Waals surface area contributed by atoms with Crippen molar-refractivity contribution in [2.24, 2.45) is 11.7 Å². The summed E-state index contributed by atoms with van der Waals surface area (Å²) in [5, 5.41) is 2.51. The summed E-state index contributed by atoms with van der Waals surface area (Å²) in [5.41, 5.74) is 6.01. The number of nitrogens with one attached hydrogen (secondary N) is 1. The van der Waals surface area contributed by atoms with Crippen LogP contribution >= 0.6 is 0 Å². The lowest BCUT2D eigenvalue weighted by molar-refractivity contribution is -0.202. The molecular weight excluding hydrogens is 459 g/mol. The van der Waals surface area contributed by atoms with Crippen LogP contribution in [0.2, 0.25) is 0 Å². The number of nitrogens with two attached hydrogens (primary N) is 1. The van der Waals surface area contributed by atoms with Gasteiger partial charge in [0.05, 0.1) is 12.1 Å². The van der Waals surface area contributed by atoms with Crippen LogP contribution in [0.3, 0.4) is 0 Å². The lowest BCUT2D eigenvalue weighted by Crippen LogP contribution is -2.61. The van der Waals surface area contributed by atoms with Crippen LogP contribution in [0, 0.1) is 5.92 Å². The fourth-order valence-corrected chi connectivity index (χ4v) is 4.25. The quantitative estimate of drug-likeness (QED) is 0.392. The number of carbonyl (C=O) groups is 4. The smallest absolute Gasteiger partial charge is 0.471 e. The molecule has 192 valence electrons. The van der Waals surface area contributed by atoms with E-state index in [-0.39, 0.29) is 0 Å². The molecule has 1 heterocycles. The van der Waals surface area contributed by atoms with Crippen LogP contribution in [0.15, 0.2) is 11.8 Å². The van der Waals surface area contributed by atoms with Gasteiger partial charge in [-0.1, -0.05) is 39.0 Å². The number of ether oxygens (including phenoxy) is 2. The average molecular weight is 492 g/mol. The number of esters is 2. The maximum absolute atomic E-state index is 13.4. The van der Waals surface area contributed by atoms with Gasteiger partial charge >= 0.3 is 18.1 Å². The van der Waals surface area contributed by atoms with Crippen molar-refractivity contribution in [3.8, 4) is 0 Å². The average Bonchev–Trinajstić information content (AvgIpc) is 2.77. The van der Waals surface area contributed by atoms with Crippen molar-refractivity contribution in [2.45, 2.75) is 83.2 Å². The van der Waals surface area contributed by atoms with Crippen molar-refractivity contribution in [1.82, 2.24) is 10.2 Å². The first kappa shape index (κ1) is 27.6. The summed E-state index contributed by atoms with van der Waals surface area (Å²) in [7, 11) is 0. The van der Waals surface area contributed by atoms with E-state index >= 15 is 0 Å². The fourth-order valence-electron chi connectivity index (χ4n) is 4.25. The Hall–Kier alpha value is -2.63. The second-order valence-corrected chi connectivity index (χ2v) is 8.67. The molecule has 9 nitrogen and oxygen atoms in total. The van der Waals surface area contributed by atoms with Gasteiger partial charge in [0.2, 0.25) is 11.7 Å². The van der Waals surface area contributed by atoms with Gasteiger partial charge in [-0.25, -0.2) is 9.59 Å². The Bertz CT molecular complexity index is 795. The third kappa shape index (κ3) is 7.71. The van der Waals surface area contributed by atoms with Gasteiger partial charge in [-0.3, -0.25) is 9.59 Å². The standard InChI is InChI=1S/C22H32F3N3O6/c1-3-10-28(11-9-14-7-5-4-6-8-14)19(30)18-17(27-13(2)29)15(26)12-16(33-18)20(31)34-21(32)22(23,24)25/h12,14-15,17-18H,3-11,26H2,1-2H3,(H,27,29)/t15-,17+,18+/m0/s1. The van der Waals surface area contributed by atoms with Crippen molar-refractivity contribution >= 4 is 23.8 Å². The minimum atomic E-state index is -5.39. The number of alkyl halides is 3. The Morgan fingerprint density at radius 3 is 2.38 bits per heavy atom. The second-order valence-electron chi connectivity index (χ2n) is 8.67. The minimum absolute atomic E-state index is 0.378. The summed E-state index contributed by atoms with van der Waals surface area (Å²) in [6.45, 7) is 3.89. The van der Waals surface area contributed by atoms with Crippen LogP contribution in [0.5, 0.6) is 0 Å². The molecule has 0 spiro atoms. The number of halogens is 3. The molecule has 0 radical (unpaired) electrons. The van der Waals surface area contributed by atoms with Gasteiger partial charge in [-0.05, 0) is 24.8 Å². The number of hydrogen-bond acceptors (Lipinski definition) is 7. The highest BCUT2D eigenvalue weighted by Crippen LogP contribution is 2.27. The van der Waals surface area contributed by atoms with Gasteiger partial charge in [0.1, 0.15) is 0 Å². The maximum atomic E-state index is 13.4. The third-order valence-corrected chi connectivity index (χ3v) is 5.91. The zero-order chi connectivity index (χ0) is 25.5. The van der Waals surface area contributed by atoms with Crippen molar-refractivity contribution < 1.29 is 41.8 Å². The molecule has 0 aromatic carbocycles. The Balaban J connectivity index is 2.21. The molecule has 0 bridgehead atoms. The number of hydrogen-bond donors (Lipinski definition) is 2. The predicted molar refractivity (Wildman–Crippen MR) is 114 cm³/mol. The van der Waals surface area contributed by atoms with Gasteiger partial charge in [0.15, 0.2) is 6.10 Å². The zero-order valence-corrected chi connectivity index (χ0v) is 19.4. The Labute approximate surface area is 196 Å². The molecule has 1 aliphatic heterocycles. The third-order valence-electron chi connectivity index (χ3n) is 5.91. The molecule has 2 rings (SSSR count). The predicted octanol–water partition coefficient (Wildman–Crippen LogP) is 1.94. The molecule has 0 aromatic rings. The monoisotopic (exact) mass is 491 g/mol. The summed E-state index contributed by atoms with van der Waals surface area (Å²) >= 11 is 0. The first-order valence-electron chi connectivity index (χ1n) is 11.5. The first-order valence-corrected chi connectivity index (χ1v) is 11.5. The van der Waals surface area contributed by atoms with E-state index in [1.165, 1.54) is 13.3 Å². The summed E-state index contributed by atoms with van der Waals surface area (Å²) in [6, 6.07) is -2.23. The number of rotatable bonds is 8. The first-order chi connectivity index (χ1) is 15.9. The van der Waals surface area contributed by atoms with Crippen LogP contribution < -0.4 is 11.1 Å². The molecule has 2 amide bonds. The maximum Gasteiger partial charge on any atom is 0.491 e. The molecule has 12 heteroatoms. The van der Waals surface area contributed by atoms with E-state index in [4.69, 9.17) is 10.5 Å². The van der Waals surface area contributed by atoms with Crippen LogP contribution in [-0.2, 0) is 28.7 Å². The lowest BCUT2D eigenvalue weighted by Gasteiger charge is -2.37. The molecule has 1 fully saturated rings. The highest BCUT2D eigenvalue weighted by atomic mass is 19.4. The van der Waals surface area contributed by atoms with Crippen LogP contribution in [0.1, 0.15) is 58.8 Å². The van der Waals surface area contributed by atoms with E-state index in [0.29, 0.717) is 25.4 Å². The number of amides is 2. The summed E-state index contributed by atoms with van der Waals surface area (Å²) < 4.78 is 46.6. The van der Waals surface area contributed by atoms with Gasteiger partial charge < -0.3 is 25.4 Å². The Morgan fingerprint density at radius 2 is 1.82 bits per heavy atom. The van der Waals surface area contributed by atoms with Gasteiger partial charge in [-0.2, -0.15) is 13.2 Å². The Morgan fingerprint density at radius 1 is 1.18 bits per heavy atom. The van der Waals surface area contributed by atoms with Crippen molar-refractivity contribution in [3.05, 3.63) is 11.8 Å². The van der Waals surface area contributed by atoms with Crippen LogP contribution in [0.25, 0.3) is 0 Å². The number of carbonyl (C=O) groups excluding carboxylic acids is 4. The highest BCUT2D eigenvalue weighted by molar-refractivity contribution is 5.97. The molecule has 3 N–H and O–H groups in total. The zero-order valence-electron chi connectivity index (χ0n) is 19.4. The summed E-state index contributed by atoms with van der Waals surface area (Å²) in [5.74, 6) is -5.83. The normalized spacial score (nSPS) is 23.4. The Kier molecular flexibility index (Phi) is 9.90. The minimum Gasteiger partial charge on any atom is -0.471 e. The molecule has 0 aromatic heterocycles. The summed E-state index contributed by atoms with van der Waals surface area (Å²) in [6.07, 6.45) is 1.10. The SMILES string of the molecule is CCCN(CCC1CCCCC1)C(=O)[C@@H]1OC(C(=O)OC(=O)C(F)(F)F)=C[C@H](N)[C@H]1NC(C)=O. The van der Waals surface area contributed by atoms with Gasteiger partial charge in [0, 0.05) is 20.0 Å². The molecule has 0 saturated heterocycles. The topological polar surface area (TPSA) is 128 Å². The van der Waals surface area contributed by atoms with Gasteiger partial charge in [0.25, 0.3) is 5.91 Å². The van der Waals surface area contributed by atoms with E-state index in [0.717, 1.165) is 38.2 Å². The molecule has 1 saturated carbocycles.